The first-order chi connectivity index (χ1) is 11.2. The Labute approximate surface area is 137 Å². The van der Waals surface area contributed by atoms with Gasteiger partial charge in [-0.1, -0.05) is 0 Å². The van der Waals surface area contributed by atoms with Crippen LogP contribution in [0.1, 0.15) is 31.2 Å². The summed E-state index contributed by atoms with van der Waals surface area (Å²) in [5, 5.41) is 7.53. The van der Waals surface area contributed by atoms with E-state index in [2.05, 4.69) is 21.5 Å². The number of hydrogen-bond donors (Lipinski definition) is 1. The first kappa shape index (κ1) is 15.1. The van der Waals surface area contributed by atoms with E-state index < -0.39 is 0 Å². The van der Waals surface area contributed by atoms with Gasteiger partial charge in [0.25, 0.3) is 0 Å². The lowest BCUT2D eigenvalue weighted by Crippen LogP contribution is -2.61. The maximum atomic E-state index is 12.2. The number of rotatable bonds is 4. The van der Waals surface area contributed by atoms with Gasteiger partial charge in [-0.05, 0) is 31.6 Å². The number of aryl methyl sites for hydroxylation is 1. The first-order valence-electron chi connectivity index (χ1n) is 8.81. The number of nitrogens with one attached hydrogen (secondary N) is 1. The number of fused-ring (bicyclic) bond motifs is 1. The van der Waals surface area contributed by atoms with Crippen molar-refractivity contribution in [3.8, 4) is 0 Å². The third kappa shape index (κ3) is 3.43. The van der Waals surface area contributed by atoms with Crippen LogP contribution in [0.2, 0.25) is 0 Å². The molecule has 1 amide bonds. The average molecular weight is 318 g/mol. The molecule has 0 aromatic carbocycles. The third-order valence-electron chi connectivity index (χ3n) is 5.28. The molecule has 3 atom stereocenters. The molecular weight excluding hydrogens is 292 g/mol. The number of nitrogens with zero attached hydrogens (tertiary/aromatic N) is 3. The summed E-state index contributed by atoms with van der Waals surface area (Å²) in [5.74, 6) is 1.01. The summed E-state index contributed by atoms with van der Waals surface area (Å²) in [5.41, 5.74) is 1.23. The molecule has 0 bridgehead atoms. The van der Waals surface area contributed by atoms with Gasteiger partial charge >= 0.3 is 0 Å². The molecule has 1 aromatic heterocycles. The molecule has 3 fully saturated rings. The van der Waals surface area contributed by atoms with Gasteiger partial charge < -0.3 is 10.1 Å². The summed E-state index contributed by atoms with van der Waals surface area (Å²) in [6, 6.07) is 0.124. The molecule has 2 aliphatic heterocycles. The minimum Gasteiger partial charge on any atom is -0.376 e. The molecule has 3 aliphatic rings. The minimum atomic E-state index is 0.124. The molecule has 4 rings (SSSR count). The van der Waals surface area contributed by atoms with Crippen molar-refractivity contribution in [2.75, 3.05) is 19.7 Å². The molecule has 1 aromatic rings. The van der Waals surface area contributed by atoms with Crippen molar-refractivity contribution in [1.29, 1.82) is 0 Å². The van der Waals surface area contributed by atoms with E-state index in [1.54, 1.807) is 0 Å². The van der Waals surface area contributed by atoms with Crippen LogP contribution in [-0.2, 0) is 23.1 Å². The standard InChI is InChI=1S/C17H26N4O2/c1-20-8-12(7-18-20)9-21-10-14-3-2-6-23-16(14)15(11-21)19-17(22)13-4-5-13/h7-8,13-16H,2-6,9-11H2,1H3,(H,19,22)/t14-,15+,16-/m0/s1. The van der Waals surface area contributed by atoms with Crippen LogP contribution in [0.4, 0.5) is 0 Å². The van der Waals surface area contributed by atoms with E-state index in [4.69, 9.17) is 4.74 Å². The molecule has 6 heteroatoms. The summed E-state index contributed by atoms with van der Waals surface area (Å²) in [4.78, 5) is 14.7. The van der Waals surface area contributed by atoms with E-state index in [0.717, 1.165) is 45.5 Å². The van der Waals surface area contributed by atoms with Gasteiger partial charge in [-0.2, -0.15) is 5.10 Å². The summed E-state index contributed by atoms with van der Waals surface area (Å²) in [7, 11) is 1.95. The van der Waals surface area contributed by atoms with Gasteiger partial charge in [0.15, 0.2) is 0 Å². The third-order valence-corrected chi connectivity index (χ3v) is 5.28. The zero-order chi connectivity index (χ0) is 15.8. The second-order valence-electron chi connectivity index (χ2n) is 7.34. The largest absolute Gasteiger partial charge is 0.376 e. The monoisotopic (exact) mass is 318 g/mol. The van der Waals surface area contributed by atoms with Gasteiger partial charge in [-0.15, -0.1) is 0 Å². The van der Waals surface area contributed by atoms with E-state index in [9.17, 15) is 4.79 Å². The Morgan fingerprint density at radius 1 is 1.39 bits per heavy atom. The van der Waals surface area contributed by atoms with E-state index in [-0.39, 0.29) is 24.0 Å². The van der Waals surface area contributed by atoms with Gasteiger partial charge in [0.1, 0.15) is 0 Å². The van der Waals surface area contributed by atoms with Crippen LogP contribution in [0.15, 0.2) is 12.4 Å². The number of aromatic nitrogens is 2. The molecule has 1 saturated carbocycles. The van der Waals surface area contributed by atoms with Gasteiger partial charge in [0, 0.05) is 51.0 Å². The molecular formula is C17H26N4O2. The molecule has 6 nitrogen and oxygen atoms in total. The Morgan fingerprint density at radius 3 is 3.00 bits per heavy atom. The van der Waals surface area contributed by atoms with Crippen LogP contribution in [0, 0.1) is 11.8 Å². The summed E-state index contributed by atoms with van der Waals surface area (Å²) < 4.78 is 7.89. The highest BCUT2D eigenvalue weighted by atomic mass is 16.5. The smallest absolute Gasteiger partial charge is 0.223 e. The Hall–Kier alpha value is -1.40. The molecule has 0 spiro atoms. The second-order valence-corrected chi connectivity index (χ2v) is 7.34. The highest BCUT2D eigenvalue weighted by Crippen LogP contribution is 2.32. The fraction of sp³-hybridized carbons (Fsp3) is 0.765. The van der Waals surface area contributed by atoms with Crippen LogP contribution in [0.3, 0.4) is 0 Å². The Morgan fingerprint density at radius 2 is 2.26 bits per heavy atom. The Kier molecular flexibility index (Phi) is 4.11. The normalized spacial score (nSPS) is 31.6. The highest BCUT2D eigenvalue weighted by Gasteiger charge is 2.41. The fourth-order valence-electron chi connectivity index (χ4n) is 4.01. The van der Waals surface area contributed by atoms with Crippen LogP contribution < -0.4 is 5.32 Å². The van der Waals surface area contributed by atoms with Gasteiger partial charge in [0.05, 0.1) is 18.3 Å². The van der Waals surface area contributed by atoms with Crippen molar-refractivity contribution in [3.63, 3.8) is 0 Å². The topological polar surface area (TPSA) is 59.4 Å². The van der Waals surface area contributed by atoms with Crippen molar-refractivity contribution < 1.29 is 9.53 Å². The molecule has 0 radical (unpaired) electrons. The maximum Gasteiger partial charge on any atom is 0.223 e. The predicted molar refractivity (Wildman–Crippen MR) is 85.6 cm³/mol. The van der Waals surface area contributed by atoms with Crippen molar-refractivity contribution in [3.05, 3.63) is 18.0 Å². The van der Waals surface area contributed by atoms with Crippen molar-refractivity contribution in [2.24, 2.45) is 18.9 Å². The quantitative estimate of drug-likeness (QED) is 0.897. The van der Waals surface area contributed by atoms with Crippen LogP contribution in [-0.4, -0.2) is 52.4 Å². The van der Waals surface area contributed by atoms with E-state index >= 15 is 0 Å². The number of piperidine rings is 1. The summed E-state index contributed by atoms with van der Waals surface area (Å²) >= 11 is 0. The predicted octanol–water partition coefficient (Wildman–Crippen LogP) is 0.926. The molecule has 23 heavy (non-hydrogen) atoms. The molecule has 126 valence electrons. The maximum absolute atomic E-state index is 12.2. The van der Waals surface area contributed by atoms with Crippen molar-refractivity contribution in [2.45, 2.75) is 44.4 Å². The van der Waals surface area contributed by atoms with Gasteiger partial charge in [-0.3, -0.25) is 14.4 Å². The van der Waals surface area contributed by atoms with Crippen LogP contribution in [0.5, 0.6) is 0 Å². The Bertz CT molecular complexity index is 569. The number of carbonyl (C=O) groups is 1. The Balaban J connectivity index is 1.44. The van der Waals surface area contributed by atoms with Crippen molar-refractivity contribution >= 4 is 5.91 Å². The molecule has 1 aliphatic carbocycles. The van der Waals surface area contributed by atoms with E-state index in [1.807, 2.05) is 17.9 Å². The second kappa shape index (κ2) is 6.24. The SMILES string of the molecule is Cn1cc(CN2C[C@@H]3CCCO[C@@H]3[C@H](NC(=O)C3CC3)C2)cn1. The lowest BCUT2D eigenvalue weighted by molar-refractivity contribution is -0.129. The van der Waals surface area contributed by atoms with Crippen molar-refractivity contribution in [1.82, 2.24) is 20.0 Å². The number of amides is 1. The number of ether oxygens (including phenoxy) is 1. The lowest BCUT2D eigenvalue weighted by atomic mass is 9.85. The average Bonchev–Trinajstić information content (AvgIpc) is 3.31. The molecule has 2 saturated heterocycles. The number of hydrogen-bond acceptors (Lipinski definition) is 4. The summed E-state index contributed by atoms with van der Waals surface area (Å²) in [6.07, 6.45) is 8.62. The minimum absolute atomic E-state index is 0.124. The molecule has 1 N–H and O–H groups in total. The number of likely N-dealkylation sites (tertiary alicyclic amines) is 1. The van der Waals surface area contributed by atoms with Crippen LogP contribution >= 0.6 is 0 Å². The van der Waals surface area contributed by atoms with Crippen LogP contribution in [0.25, 0.3) is 0 Å². The highest BCUT2D eigenvalue weighted by molar-refractivity contribution is 5.81. The molecule has 0 unspecified atom stereocenters. The summed E-state index contributed by atoms with van der Waals surface area (Å²) in [6.45, 7) is 3.65. The first-order valence-corrected chi connectivity index (χ1v) is 8.81. The molecule has 3 heterocycles. The van der Waals surface area contributed by atoms with E-state index in [0.29, 0.717) is 5.92 Å². The fourth-order valence-corrected chi connectivity index (χ4v) is 4.01. The lowest BCUT2D eigenvalue weighted by Gasteiger charge is -2.46. The zero-order valence-corrected chi connectivity index (χ0v) is 13.8. The number of carbonyl (C=O) groups excluding carboxylic acids is 1. The van der Waals surface area contributed by atoms with Gasteiger partial charge in [-0.25, -0.2) is 0 Å². The van der Waals surface area contributed by atoms with E-state index in [1.165, 1.54) is 12.0 Å². The zero-order valence-electron chi connectivity index (χ0n) is 13.8. The van der Waals surface area contributed by atoms with Gasteiger partial charge in [0.2, 0.25) is 5.91 Å².